The van der Waals surface area contributed by atoms with Crippen LogP contribution in [0.3, 0.4) is 0 Å². The van der Waals surface area contributed by atoms with Crippen LogP contribution in [0.25, 0.3) is 0 Å². The molecule has 0 spiro atoms. The van der Waals surface area contributed by atoms with Gasteiger partial charge in [-0.25, -0.2) is 0 Å². The predicted molar refractivity (Wildman–Crippen MR) is 91.5 cm³/mol. The largest absolute Gasteiger partial charge is 0.491 e. The topological polar surface area (TPSA) is 61.7 Å². The van der Waals surface area contributed by atoms with Crippen molar-refractivity contribution in [3.8, 4) is 5.75 Å². The summed E-state index contributed by atoms with van der Waals surface area (Å²) in [5, 5.41) is 22.1. The zero-order valence-corrected chi connectivity index (χ0v) is 13.5. The number of rotatable bonds is 9. The lowest BCUT2D eigenvalue weighted by atomic mass is 10.1. The minimum atomic E-state index is -0.556. The van der Waals surface area contributed by atoms with Gasteiger partial charge in [0.1, 0.15) is 18.6 Å². The van der Waals surface area contributed by atoms with E-state index in [0.717, 1.165) is 17.7 Å². The third-order valence-corrected chi connectivity index (χ3v) is 3.57. The molecular formula is C19H25NO3. The van der Waals surface area contributed by atoms with Gasteiger partial charge in [-0.2, -0.15) is 0 Å². The number of hydrogen-bond acceptors (Lipinski definition) is 4. The summed E-state index contributed by atoms with van der Waals surface area (Å²) in [4.78, 5) is 0. The van der Waals surface area contributed by atoms with Gasteiger partial charge in [0.05, 0.1) is 6.61 Å². The monoisotopic (exact) mass is 315 g/mol. The van der Waals surface area contributed by atoms with Gasteiger partial charge < -0.3 is 14.9 Å². The molecule has 0 radical (unpaired) electrons. The highest BCUT2D eigenvalue weighted by atomic mass is 16.5. The van der Waals surface area contributed by atoms with Crippen LogP contribution >= 0.6 is 0 Å². The summed E-state index contributed by atoms with van der Waals surface area (Å²) in [6.45, 7) is 2.38. The van der Waals surface area contributed by atoms with Gasteiger partial charge in [0.15, 0.2) is 0 Å². The first-order valence-corrected chi connectivity index (χ1v) is 7.98. The van der Waals surface area contributed by atoms with Crippen LogP contribution < -0.4 is 10.1 Å². The molecule has 2 atom stereocenters. The van der Waals surface area contributed by atoms with Gasteiger partial charge in [-0.3, -0.25) is 5.32 Å². The van der Waals surface area contributed by atoms with E-state index in [2.05, 4.69) is 12.2 Å². The average Bonchev–Trinajstić information content (AvgIpc) is 2.55. The second-order valence-corrected chi connectivity index (χ2v) is 5.69. The molecule has 4 nitrogen and oxygen atoms in total. The first-order valence-electron chi connectivity index (χ1n) is 7.98. The zero-order valence-electron chi connectivity index (χ0n) is 13.5. The zero-order chi connectivity index (χ0) is 16.5. The van der Waals surface area contributed by atoms with Gasteiger partial charge in [0.25, 0.3) is 0 Å². The Bertz CT molecular complexity index is 557. The van der Waals surface area contributed by atoms with Crippen LogP contribution in [0.4, 0.5) is 0 Å². The van der Waals surface area contributed by atoms with Crippen LogP contribution in [0.5, 0.6) is 5.75 Å². The normalized spacial score (nSPS) is 13.5. The van der Waals surface area contributed by atoms with E-state index in [-0.39, 0.29) is 12.6 Å². The van der Waals surface area contributed by atoms with Crippen molar-refractivity contribution in [2.45, 2.75) is 32.0 Å². The number of aliphatic hydroxyl groups is 2. The molecular weight excluding hydrogens is 290 g/mol. The van der Waals surface area contributed by atoms with E-state index >= 15 is 0 Å². The van der Waals surface area contributed by atoms with Gasteiger partial charge >= 0.3 is 0 Å². The Morgan fingerprint density at radius 2 is 1.61 bits per heavy atom. The Morgan fingerprint density at radius 3 is 2.26 bits per heavy atom. The van der Waals surface area contributed by atoms with E-state index in [9.17, 15) is 5.11 Å². The molecule has 2 rings (SSSR count). The van der Waals surface area contributed by atoms with Crippen LogP contribution in [-0.4, -0.2) is 35.7 Å². The average molecular weight is 315 g/mol. The molecule has 0 heterocycles. The summed E-state index contributed by atoms with van der Waals surface area (Å²) in [5.41, 5.74) is 2.29. The van der Waals surface area contributed by atoms with E-state index in [1.54, 1.807) is 0 Å². The molecule has 2 aromatic rings. The minimum absolute atomic E-state index is 0.0159. The fourth-order valence-electron chi connectivity index (χ4n) is 2.52. The van der Waals surface area contributed by atoms with Crippen molar-refractivity contribution in [1.29, 1.82) is 0 Å². The Kier molecular flexibility index (Phi) is 7.07. The minimum Gasteiger partial charge on any atom is -0.491 e. The van der Waals surface area contributed by atoms with Crippen molar-refractivity contribution in [3.63, 3.8) is 0 Å². The van der Waals surface area contributed by atoms with E-state index < -0.39 is 6.23 Å². The van der Waals surface area contributed by atoms with Gasteiger partial charge in [-0.05, 0) is 36.6 Å². The van der Waals surface area contributed by atoms with Gasteiger partial charge in [0, 0.05) is 12.5 Å². The van der Waals surface area contributed by atoms with Crippen LogP contribution in [-0.2, 0) is 12.8 Å². The Balaban J connectivity index is 1.78. The maximum atomic E-state index is 10.1. The molecule has 2 aromatic carbocycles. The lowest BCUT2D eigenvalue weighted by Crippen LogP contribution is -2.39. The lowest BCUT2D eigenvalue weighted by Gasteiger charge is -2.19. The highest BCUT2D eigenvalue weighted by Crippen LogP contribution is 2.13. The van der Waals surface area contributed by atoms with Crippen LogP contribution in [0, 0.1) is 0 Å². The van der Waals surface area contributed by atoms with Crippen LogP contribution in [0.15, 0.2) is 54.6 Å². The van der Waals surface area contributed by atoms with Gasteiger partial charge in [-0.15, -0.1) is 0 Å². The molecule has 0 aliphatic heterocycles. The quantitative estimate of drug-likeness (QED) is 0.621. The Hall–Kier alpha value is -1.88. The number of ether oxygens (including phenoxy) is 1. The fourth-order valence-corrected chi connectivity index (χ4v) is 2.52. The maximum Gasteiger partial charge on any atom is 0.119 e. The highest BCUT2D eigenvalue weighted by Gasteiger charge is 2.10. The molecule has 0 saturated heterocycles. The number of nitrogens with one attached hydrogen (secondary N) is 1. The summed E-state index contributed by atoms with van der Waals surface area (Å²) < 4.78 is 5.34. The van der Waals surface area contributed by atoms with Crippen LogP contribution in [0.1, 0.15) is 18.1 Å². The third kappa shape index (κ3) is 6.40. The molecule has 124 valence electrons. The SMILES string of the molecule is C[C@H](Cc1ccc(OCCO)cc1)N[C@H](O)Cc1ccccc1. The summed E-state index contributed by atoms with van der Waals surface area (Å²) in [5.74, 6) is 0.757. The van der Waals surface area contributed by atoms with Crippen LogP contribution in [0.2, 0.25) is 0 Å². The third-order valence-electron chi connectivity index (χ3n) is 3.57. The van der Waals surface area contributed by atoms with Gasteiger partial charge in [0.2, 0.25) is 0 Å². The van der Waals surface area contributed by atoms with Crippen molar-refractivity contribution < 1.29 is 14.9 Å². The molecule has 0 bridgehead atoms. The number of benzene rings is 2. The fraction of sp³-hybridized carbons (Fsp3) is 0.368. The lowest BCUT2D eigenvalue weighted by molar-refractivity contribution is 0.125. The van der Waals surface area contributed by atoms with Crippen molar-refractivity contribution in [2.24, 2.45) is 0 Å². The smallest absolute Gasteiger partial charge is 0.119 e. The van der Waals surface area contributed by atoms with E-state index in [0.29, 0.717) is 13.0 Å². The van der Waals surface area contributed by atoms with E-state index in [1.807, 2.05) is 54.6 Å². The number of hydrogen-bond donors (Lipinski definition) is 3. The molecule has 0 aromatic heterocycles. The molecule has 3 N–H and O–H groups in total. The predicted octanol–water partition coefficient (Wildman–Crippen LogP) is 2.14. The van der Waals surface area contributed by atoms with E-state index in [1.165, 1.54) is 5.56 Å². The summed E-state index contributed by atoms with van der Waals surface area (Å²) in [7, 11) is 0. The standard InChI is InChI=1S/C19H25NO3/c1-15(20-19(22)14-16-5-3-2-4-6-16)13-17-7-9-18(10-8-17)23-12-11-21/h2-10,15,19-22H,11-14H2,1H3/t15-,19-/m1/s1. The first kappa shape index (κ1) is 17.5. The molecule has 0 aliphatic carbocycles. The summed E-state index contributed by atoms with van der Waals surface area (Å²) in [6.07, 6.45) is 0.866. The maximum absolute atomic E-state index is 10.1. The van der Waals surface area contributed by atoms with Crippen molar-refractivity contribution in [1.82, 2.24) is 5.32 Å². The Labute approximate surface area is 137 Å². The summed E-state index contributed by atoms with van der Waals surface area (Å²) in [6, 6.07) is 17.9. The van der Waals surface area contributed by atoms with Crippen molar-refractivity contribution in [2.75, 3.05) is 13.2 Å². The molecule has 0 saturated carbocycles. The van der Waals surface area contributed by atoms with Crippen molar-refractivity contribution >= 4 is 0 Å². The first-order chi connectivity index (χ1) is 11.2. The molecule has 4 heteroatoms. The summed E-state index contributed by atoms with van der Waals surface area (Å²) >= 11 is 0. The molecule has 0 aliphatic rings. The highest BCUT2D eigenvalue weighted by molar-refractivity contribution is 5.27. The molecule has 0 unspecified atom stereocenters. The van der Waals surface area contributed by atoms with E-state index in [4.69, 9.17) is 9.84 Å². The molecule has 0 fully saturated rings. The second-order valence-electron chi connectivity index (χ2n) is 5.69. The second kappa shape index (κ2) is 9.30. The Morgan fingerprint density at radius 1 is 0.957 bits per heavy atom. The molecule has 0 amide bonds. The number of aliphatic hydroxyl groups excluding tert-OH is 2. The molecule has 23 heavy (non-hydrogen) atoms. The van der Waals surface area contributed by atoms with Gasteiger partial charge in [-0.1, -0.05) is 42.5 Å². The van der Waals surface area contributed by atoms with Crippen molar-refractivity contribution in [3.05, 3.63) is 65.7 Å².